The summed E-state index contributed by atoms with van der Waals surface area (Å²) in [5, 5.41) is 2.95. The highest BCUT2D eigenvalue weighted by atomic mass is 19.1. The van der Waals surface area contributed by atoms with Gasteiger partial charge < -0.3 is 5.32 Å². The first-order chi connectivity index (χ1) is 9.89. The number of halogens is 1. The van der Waals surface area contributed by atoms with Crippen LogP contribution < -0.4 is 5.32 Å². The highest BCUT2D eigenvalue weighted by molar-refractivity contribution is 5.87. The second kappa shape index (κ2) is 6.08. The zero-order valence-corrected chi connectivity index (χ0v) is 12.6. The molecule has 2 aromatic carbocycles. The Kier molecular flexibility index (Phi) is 4.41. The summed E-state index contributed by atoms with van der Waals surface area (Å²) in [7, 11) is 0. The Hall–Kier alpha value is -2.16. The van der Waals surface area contributed by atoms with Crippen LogP contribution in [0.3, 0.4) is 0 Å². The summed E-state index contributed by atoms with van der Waals surface area (Å²) in [4.78, 5) is 12.4. The van der Waals surface area contributed by atoms with Gasteiger partial charge in [-0.2, -0.15) is 0 Å². The molecule has 0 saturated carbocycles. The molecule has 0 saturated heterocycles. The number of hydrogen-bond acceptors (Lipinski definition) is 1. The van der Waals surface area contributed by atoms with E-state index in [0.29, 0.717) is 6.54 Å². The molecular weight excluding hydrogens is 265 g/mol. The molecule has 0 atom stereocenters. The van der Waals surface area contributed by atoms with Crippen molar-refractivity contribution >= 4 is 5.91 Å². The van der Waals surface area contributed by atoms with E-state index in [0.717, 1.165) is 11.1 Å². The Morgan fingerprint density at radius 2 is 1.81 bits per heavy atom. The van der Waals surface area contributed by atoms with Gasteiger partial charge >= 0.3 is 0 Å². The average molecular weight is 285 g/mol. The van der Waals surface area contributed by atoms with E-state index in [4.69, 9.17) is 0 Å². The first-order valence-corrected chi connectivity index (χ1v) is 6.99. The molecule has 0 aliphatic rings. The van der Waals surface area contributed by atoms with Crippen molar-refractivity contribution in [2.45, 2.75) is 32.7 Å². The molecule has 0 heterocycles. The fourth-order valence-corrected chi connectivity index (χ4v) is 2.22. The molecule has 21 heavy (non-hydrogen) atoms. The van der Waals surface area contributed by atoms with Gasteiger partial charge in [0.1, 0.15) is 5.82 Å². The molecule has 0 spiro atoms. The van der Waals surface area contributed by atoms with Gasteiger partial charge in [-0.1, -0.05) is 42.0 Å². The van der Waals surface area contributed by atoms with Crippen LogP contribution in [0.2, 0.25) is 0 Å². The van der Waals surface area contributed by atoms with Gasteiger partial charge in [0.15, 0.2) is 0 Å². The number of amides is 1. The summed E-state index contributed by atoms with van der Waals surface area (Å²) in [6, 6.07) is 14.1. The second-order valence-electron chi connectivity index (χ2n) is 5.80. The third-order valence-electron chi connectivity index (χ3n) is 3.67. The fraction of sp³-hybridized carbons (Fsp3) is 0.278. The number of benzene rings is 2. The Morgan fingerprint density at radius 3 is 2.43 bits per heavy atom. The topological polar surface area (TPSA) is 29.1 Å². The Bertz CT molecular complexity index is 632. The number of rotatable bonds is 4. The minimum Gasteiger partial charge on any atom is -0.351 e. The number of aryl methyl sites for hydroxylation is 1. The smallest absolute Gasteiger partial charge is 0.230 e. The van der Waals surface area contributed by atoms with E-state index in [1.54, 1.807) is 12.1 Å². The summed E-state index contributed by atoms with van der Waals surface area (Å²) < 4.78 is 13.0. The molecule has 0 aromatic heterocycles. The van der Waals surface area contributed by atoms with Crippen LogP contribution in [0, 0.1) is 12.7 Å². The molecule has 0 bridgehead atoms. The van der Waals surface area contributed by atoms with Crippen LogP contribution in [0.1, 0.15) is 30.5 Å². The lowest BCUT2D eigenvalue weighted by atomic mass is 9.83. The number of carbonyl (C=O) groups excluding carboxylic acids is 1. The van der Waals surface area contributed by atoms with E-state index in [1.165, 1.54) is 17.7 Å². The first-order valence-electron chi connectivity index (χ1n) is 6.99. The number of nitrogens with one attached hydrogen (secondary N) is 1. The Balaban J connectivity index is 2.06. The molecule has 0 radical (unpaired) electrons. The zero-order valence-electron chi connectivity index (χ0n) is 12.6. The molecule has 0 aliphatic carbocycles. The van der Waals surface area contributed by atoms with Crippen molar-refractivity contribution in [3.63, 3.8) is 0 Å². The highest BCUT2D eigenvalue weighted by Gasteiger charge is 2.29. The summed E-state index contributed by atoms with van der Waals surface area (Å²) in [6.07, 6.45) is 0. The number of hydrogen-bond donors (Lipinski definition) is 1. The van der Waals surface area contributed by atoms with Crippen molar-refractivity contribution in [1.29, 1.82) is 0 Å². The monoisotopic (exact) mass is 285 g/mol. The molecule has 1 N–H and O–H groups in total. The van der Waals surface area contributed by atoms with Crippen LogP contribution in [0.15, 0.2) is 48.5 Å². The summed E-state index contributed by atoms with van der Waals surface area (Å²) in [5.74, 6) is -0.370. The highest BCUT2D eigenvalue weighted by Crippen LogP contribution is 2.23. The third-order valence-corrected chi connectivity index (χ3v) is 3.67. The average Bonchev–Trinajstić information content (AvgIpc) is 2.45. The van der Waals surface area contributed by atoms with E-state index in [9.17, 15) is 9.18 Å². The molecule has 2 rings (SSSR count). The largest absolute Gasteiger partial charge is 0.351 e. The molecule has 0 aliphatic heterocycles. The zero-order chi connectivity index (χ0) is 15.5. The maximum atomic E-state index is 13.0. The molecule has 2 nitrogen and oxygen atoms in total. The van der Waals surface area contributed by atoms with Crippen molar-refractivity contribution in [1.82, 2.24) is 5.32 Å². The van der Waals surface area contributed by atoms with E-state index in [1.807, 2.05) is 45.0 Å². The van der Waals surface area contributed by atoms with Crippen molar-refractivity contribution in [3.05, 3.63) is 71.0 Å². The molecule has 3 heteroatoms. The van der Waals surface area contributed by atoms with Crippen molar-refractivity contribution in [2.24, 2.45) is 0 Å². The molecule has 0 unspecified atom stereocenters. The molecule has 110 valence electrons. The van der Waals surface area contributed by atoms with Gasteiger partial charge in [-0.15, -0.1) is 0 Å². The maximum Gasteiger partial charge on any atom is 0.230 e. The van der Waals surface area contributed by atoms with Crippen molar-refractivity contribution in [2.75, 3.05) is 0 Å². The summed E-state index contributed by atoms with van der Waals surface area (Å²) in [6.45, 7) is 6.19. The second-order valence-corrected chi connectivity index (χ2v) is 5.80. The minimum absolute atomic E-state index is 0.0735. The van der Waals surface area contributed by atoms with Gasteiger partial charge in [0.25, 0.3) is 0 Å². The minimum atomic E-state index is -0.697. The van der Waals surface area contributed by atoms with Gasteiger partial charge in [0.2, 0.25) is 5.91 Å². The lowest BCUT2D eigenvalue weighted by Crippen LogP contribution is -2.39. The molecule has 2 aromatic rings. The van der Waals surface area contributed by atoms with E-state index in [2.05, 4.69) is 5.32 Å². The van der Waals surface area contributed by atoms with Crippen LogP contribution >= 0.6 is 0 Å². The normalized spacial score (nSPS) is 11.2. The van der Waals surface area contributed by atoms with E-state index < -0.39 is 5.41 Å². The van der Waals surface area contributed by atoms with Gasteiger partial charge in [-0.3, -0.25) is 4.79 Å². The van der Waals surface area contributed by atoms with Crippen LogP contribution in [-0.4, -0.2) is 5.91 Å². The summed E-state index contributed by atoms with van der Waals surface area (Å²) >= 11 is 0. The van der Waals surface area contributed by atoms with Crippen LogP contribution in [0.5, 0.6) is 0 Å². The predicted molar refractivity (Wildman–Crippen MR) is 82.5 cm³/mol. The standard InChI is InChI=1S/C18H20FNO/c1-13-5-4-6-14(11-13)12-20-17(21)18(2,3)15-7-9-16(19)10-8-15/h4-11H,12H2,1-3H3,(H,20,21). The van der Waals surface area contributed by atoms with Crippen LogP contribution in [-0.2, 0) is 16.8 Å². The Labute approximate surface area is 125 Å². The lowest BCUT2D eigenvalue weighted by molar-refractivity contribution is -0.125. The SMILES string of the molecule is Cc1cccc(CNC(=O)C(C)(C)c2ccc(F)cc2)c1. The number of carbonyl (C=O) groups is 1. The maximum absolute atomic E-state index is 13.0. The molecule has 1 amide bonds. The van der Waals surface area contributed by atoms with Gasteiger partial charge in [0, 0.05) is 6.54 Å². The molecular formula is C18H20FNO. The van der Waals surface area contributed by atoms with E-state index >= 15 is 0 Å². The van der Waals surface area contributed by atoms with Crippen LogP contribution in [0.25, 0.3) is 0 Å². The van der Waals surface area contributed by atoms with Crippen molar-refractivity contribution in [3.8, 4) is 0 Å². The quantitative estimate of drug-likeness (QED) is 0.911. The first kappa shape index (κ1) is 15.2. The summed E-state index contributed by atoms with van der Waals surface area (Å²) in [5.41, 5.74) is 2.33. The van der Waals surface area contributed by atoms with Gasteiger partial charge in [-0.25, -0.2) is 4.39 Å². The molecule has 0 fully saturated rings. The predicted octanol–water partition coefficient (Wildman–Crippen LogP) is 3.73. The lowest BCUT2D eigenvalue weighted by Gasteiger charge is -2.24. The van der Waals surface area contributed by atoms with E-state index in [-0.39, 0.29) is 11.7 Å². The van der Waals surface area contributed by atoms with Crippen molar-refractivity contribution < 1.29 is 9.18 Å². The van der Waals surface area contributed by atoms with Gasteiger partial charge in [-0.05, 0) is 44.0 Å². The Morgan fingerprint density at radius 1 is 1.14 bits per heavy atom. The third kappa shape index (κ3) is 3.69. The van der Waals surface area contributed by atoms with Crippen LogP contribution in [0.4, 0.5) is 4.39 Å². The fourth-order valence-electron chi connectivity index (χ4n) is 2.22. The van der Waals surface area contributed by atoms with Gasteiger partial charge in [0.05, 0.1) is 5.41 Å².